The minimum absolute atomic E-state index is 0. The van der Waals surface area contributed by atoms with Crippen molar-refractivity contribution in [1.82, 2.24) is 14.5 Å². The lowest BCUT2D eigenvalue weighted by Gasteiger charge is -2.34. The second kappa shape index (κ2) is 8.35. The molecule has 2 fully saturated rings. The Morgan fingerprint density at radius 2 is 2.12 bits per heavy atom. The molecular formula is C16H26ClN3O3S2. The van der Waals surface area contributed by atoms with E-state index < -0.39 is 10.0 Å². The van der Waals surface area contributed by atoms with E-state index in [9.17, 15) is 13.2 Å². The van der Waals surface area contributed by atoms with Crippen LogP contribution in [0.1, 0.15) is 24.1 Å². The molecule has 2 unspecified atom stereocenters. The molecule has 1 N–H and O–H groups in total. The van der Waals surface area contributed by atoms with Crippen LogP contribution >= 0.6 is 23.7 Å². The van der Waals surface area contributed by atoms with E-state index in [1.165, 1.54) is 15.6 Å². The van der Waals surface area contributed by atoms with Gasteiger partial charge in [0.25, 0.3) is 10.0 Å². The highest BCUT2D eigenvalue weighted by Crippen LogP contribution is 2.29. The summed E-state index contributed by atoms with van der Waals surface area (Å²) >= 11 is 1.29. The predicted octanol–water partition coefficient (Wildman–Crippen LogP) is 1.70. The van der Waals surface area contributed by atoms with Gasteiger partial charge in [0, 0.05) is 37.6 Å². The summed E-state index contributed by atoms with van der Waals surface area (Å²) in [5.41, 5.74) is 0. The smallest absolute Gasteiger partial charge is 0.252 e. The van der Waals surface area contributed by atoms with Crippen LogP contribution in [0.25, 0.3) is 0 Å². The van der Waals surface area contributed by atoms with Gasteiger partial charge < -0.3 is 10.2 Å². The van der Waals surface area contributed by atoms with E-state index in [2.05, 4.69) is 5.32 Å². The molecule has 2 saturated heterocycles. The van der Waals surface area contributed by atoms with Crippen LogP contribution in [0, 0.1) is 12.8 Å². The molecule has 3 heterocycles. The summed E-state index contributed by atoms with van der Waals surface area (Å²) in [4.78, 5) is 15.6. The fraction of sp³-hybridized carbons (Fsp3) is 0.688. The second-order valence-corrected chi connectivity index (χ2v) is 10.1. The third kappa shape index (κ3) is 4.36. The molecule has 0 bridgehead atoms. The SMILES string of the molecule is Cc1ccc(S(=O)(=O)N2CCCC(C(=O)N(C)C3CCNC3)C2)s1.Cl. The first-order valence-electron chi connectivity index (χ1n) is 8.43. The number of aryl methyl sites for hydroxylation is 1. The van der Waals surface area contributed by atoms with Crippen LogP contribution in [0.5, 0.6) is 0 Å². The van der Waals surface area contributed by atoms with Crippen molar-refractivity contribution in [2.45, 2.75) is 36.4 Å². The maximum Gasteiger partial charge on any atom is 0.252 e. The largest absolute Gasteiger partial charge is 0.341 e. The summed E-state index contributed by atoms with van der Waals surface area (Å²) in [6.45, 7) is 4.45. The van der Waals surface area contributed by atoms with Crippen molar-refractivity contribution >= 4 is 39.7 Å². The molecule has 0 aliphatic carbocycles. The van der Waals surface area contributed by atoms with Gasteiger partial charge in [-0.3, -0.25) is 4.79 Å². The van der Waals surface area contributed by atoms with Gasteiger partial charge in [-0.1, -0.05) is 0 Å². The molecule has 1 aromatic rings. The number of sulfonamides is 1. The van der Waals surface area contributed by atoms with Gasteiger partial charge in [-0.25, -0.2) is 8.42 Å². The summed E-state index contributed by atoms with van der Waals surface area (Å²) in [7, 11) is -1.64. The number of hydrogen-bond donors (Lipinski definition) is 1. The maximum atomic E-state index is 12.8. The first kappa shape index (κ1) is 20.6. The predicted molar refractivity (Wildman–Crippen MR) is 102 cm³/mol. The molecule has 2 aliphatic heterocycles. The van der Waals surface area contributed by atoms with Gasteiger partial charge >= 0.3 is 0 Å². The average Bonchev–Trinajstić information content (AvgIpc) is 3.25. The van der Waals surface area contributed by atoms with Gasteiger partial charge in [0.15, 0.2) is 0 Å². The zero-order valence-corrected chi connectivity index (χ0v) is 17.1. The van der Waals surface area contributed by atoms with Crippen LogP contribution in [-0.4, -0.2) is 62.8 Å². The number of nitrogens with one attached hydrogen (secondary N) is 1. The van der Waals surface area contributed by atoms with Crippen LogP contribution in [0.3, 0.4) is 0 Å². The molecule has 2 aliphatic rings. The average molecular weight is 408 g/mol. The summed E-state index contributed by atoms with van der Waals surface area (Å²) in [5, 5.41) is 3.27. The number of piperidine rings is 1. The molecule has 25 heavy (non-hydrogen) atoms. The topological polar surface area (TPSA) is 69.7 Å². The fourth-order valence-corrected chi connectivity index (χ4v) is 6.44. The number of carbonyl (C=O) groups excluding carboxylic acids is 1. The third-order valence-corrected chi connectivity index (χ3v) is 8.31. The van der Waals surface area contributed by atoms with E-state index in [1.807, 2.05) is 24.9 Å². The van der Waals surface area contributed by atoms with E-state index >= 15 is 0 Å². The van der Waals surface area contributed by atoms with Crippen LogP contribution < -0.4 is 5.32 Å². The molecule has 6 nitrogen and oxygen atoms in total. The number of amides is 1. The van der Waals surface area contributed by atoms with Crippen molar-refractivity contribution in [1.29, 1.82) is 0 Å². The highest BCUT2D eigenvalue weighted by molar-refractivity contribution is 7.91. The normalized spacial score (nSPS) is 24.7. The third-order valence-electron chi connectivity index (χ3n) is 4.97. The van der Waals surface area contributed by atoms with Crippen molar-refractivity contribution in [2.75, 3.05) is 33.2 Å². The van der Waals surface area contributed by atoms with Gasteiger partial charge in [-0.15, -0.1) is 23.7 Å². The van der Waals surface area contributed by atoms with Crippen molar-refractivity contribution < 1.29 is 13.2 Å². The van der Waals surface area contributed by atoms with Gasteiger partial charge in [-0.2, -0.15) is 4.31 Å². The van der Waals surface area contributed by atoms with Crippen molar-refractivity contribution in [3.8, 4) is 0 Å². The molecule has 2 atom stereocenters. The van der Waals surface area contributed by atoms with Crippen molar-refractivity contribution in [3.05, 3.63) is 17.0 Å². The van der Waals surface area contributed by atoms with E-state index in [0.717, 1.165) is 37.2 Å². The number of rotatable bonds is 4. The lowest BCUT2D eigenvalue weighted by Crippen LogP contribution is -2.48. The molecule has 0 saturated carbocycles. The second-order valence-electron chi connectivity index (χ2n) is 6.66. The quantitative estimate of drug-likeness (QED) is 0.824. The monoisotopic (exact) mass is 407 g/mol. The van der Waals surface area contributed by atoms with E-state index in [-0.39, 0.29) is 30.3 Å². The Kier molecular flexibility index (Phi) is 6.89. The highest BCUT2D eigenvalue weighted by Gasteiger charge is 2.36. The Bertz CT molecular complexity index is 701. The minimum Gasteiger partial charge on any atom is -0.341 e. The van der Waals surface area contributed by atoms with Crippen molar-refractivity contribution in [3.63, 3.8) is 0 Å². The lowest BCUT2D eigenvalue weighted by molar-refractivity contribution is -0.137. The number of likely N-dealkylation sites (N-methyl/N-ethyl adjacent to an activating group) is 1. The van der Waals surface area contributed by atoms with Gasteiger partial charge in [0.2, 0.25) is 5.91 Å². The van der Waals surface area contributed by atoms with Crippen LogP contribution in [0.2, 0.25) is 0 Å². The number of nitrogens with zero attached hydrogens (tertiary/aromatic N) is 2. The molecule has 142 valence electrons. The first-order valence-corrected chi connectivity index (χ1v) is 10.7. The van der Waals surface area contributed by atoms with Crippen LogP contribution in [-0.2, 0) is 14.8 Å². The summed E-state index contributed by atoms with van der Waals surface area (Å²) in [6, 6.07) is 3.71. The number of halogens is 1. The first-order chi connectivity index (χ1) is 11.4. The summed E-state index contributed by atoms with van der Waals surface area (Å²) in [5.74, 6) is -0.161. The Labute approximate surface area is 160 Å². The minimum atomic E-state index is -3.48. The Balaban J connectivity index is 0.00000225. The van der Waals surface area contributed by atoms with Crippen LogP contribution in [0.4, 0.5) is 0 Å². The molecule has 0 aromatic carbocycles. The molecule has 0 radical (unpaired) electrons. The summed E-state index contributed by atoms with van der Waals surface area (Å²) in [6.07, 6.45) is 2.46. The summed E-state index contributed by atoms with van der Waals surface area (Å²) < 4.78 is 27.5. The molecule has 1 aromatic heterocycles. The zero-order valence-electron chi connectivity index (χ0n) is 14.6. The van der Waals surface area contributed by atoms with Crippen LogP contribution in [0.15, 0.2) is 16.3 Å². The number of hydrogen-bond acceptors (Lipinski definition) is 5. The molecule has 9 heteroatoms. The van der Waals surface area contributed by atoms with Gasteiger partial charge in [-0.05, 0) is 44.9 Å². The van der Waals surface area contributed by atoms with E-state index in [1.54, 1.807) is 6.07 Å². The number of carbonyl (C=O) groups is 1. The van der Waals surface area contributed by atoms with E-state index in [0.29, 0.717) is 17.3 Å². The standard InChI is InChI=1S/C16H25N3O3S2.ClH/c1-12-5-6-15(23-12)24(21,22)19-9-3-4-13(11-19)16(20)18(2)14-7-8-17-10-14;/h5-6,13-14,17H,3-4,7-11H2,1-2H3;1H. The zero-order chi connectivity index (χ0) is 17.3. The Hall–Kier alpha value is -0.670. The molecular weight excluding hydrogens is 382 g/mol. The number of thiophene rings is 1. The molecule has 0 spiro atoms. The highest BCUT2D eigenvalue weighted by atomic mass is 35.5. The molecule has 3 rings (SSSR count). The maximum absolute atomic E-state index is 12.8. The van der Waals surface area contributed by atoms with Gasteiger partial charge in [0.1, 0.15) is 4.21 Å². The fourth-order valence-electron chi connectivity index (χ4n) is 3.48. The Morgan fingerprint density at radius 3 is 2.72 bits per heavy atom. The molecule has 1 amide bonds. The van der Waals surface area contributed by atoms with Crippen molar-refractivity contribution in [2.24, 2.45) is 5.92 Å². The van der Waals surface area contributed by atoms with E-state index in [4.69, 9.17) is 0 Å². The van der Waals surface area contributed by atoms with Gasteiger partial charge in [0.05, 0.1) is 5.92 Å². The lowest BCUT2D eigenvalue weighted by atomic mass is 9.97. The Morgan fingerprint density at radius 1 is 1.36 bits per heavy atom.